The normalized spacial score (nSPS) is 10.3. The van der Waals surface area contributed by atoms with Crippen LogP contribution in [0.1, 0.15) is 0 Å². The van der Waals surface area contributed by atoms with Crippen molar-refractivity contribution in [3.63, 3.8) is 0 Å². The van der Waals surface area contributed by atoms with E-state index in [0.717, 1.165) is 11.1 Å². The zero-order valence-corrected chi connectivity index (χ0v) is 11.3. The molecule has 76 valence electrons. The molecule has 15 heavy (non-hydrogen) atoms. The number of benzene rings is 2. The van der Waals surface area contributed by atoms with Crippen LogP contribution in [-0.2, 0) is 0 Å². The SMILES string of the molecule is Clc1cccc(Cl)c1-c1ccc(I)cc1. The Morgan fingerprint density at radius 1 is 0.800 bits per heavy atom. The number of halogens is 3. The number of hydrogen-bond acceptors (Lipinski definition) is 0. The van der Waals surface area contributed by atoms with Gasteiger partial charge in [0.1, 0.15) is 0 Å². The van der Waals surface area contributed by atoms with Crippen molar-refractivity contribution in [2.24, 2.45) is 0 Å². The summed E-state index contributed by atoms with van der Waals surface area (Å²) in [7, 11) is 0. The van der Waals surface area contributed by atoms with Gasteiger partial charge in [-0.25, -0.2) is 0 Å². The Balaban J connectivity index is 2.58. The van der Waals surface area contributed by atoms with E-state index in [0.29, 0.717) is 10.0 Å². The minimum Gasteiger partial charge on any atom is -0.0836 e. The lowest BCUT2D eigenvalue weighted by Crippen LogP contribution is -1.81. The monoisotopic (exact) mass is 348 g/mol. The second kappa shape index (κ2) is 4.73. The molecule has 0 nitrogen and oxygen atoms in total. The lowest BCUT2D eigenvalue weighted by molar-refractivity contribution is 1.59. The fraction of sp³-hybridized carbons (Fsp3) is 0. The van der Waals surface area contributed by atoms with E-state index < -0.39 is 0 Å². The van der Waals surface area contributed by atoms with Crippen LogP contribution in [0.2, 0.25) is 10.0 Å². The van der Waals surface area contributed by atoms with E-state index in [9.17, 15) is 0 Å². The molecule has 0 unspecified atom stereocenters. The molecule has 0 aromatic heterocycles. The van der Waals surface area contributed by atoms with Gasteiger partial charge >= 0.3 is 0 Å². The van der Waals surface area contributed by atoms with E-state index >= 15 is 0 Å². The fourth-order valence-corrected chi connectivity index (χ4v) is 2.37. The van der Waals surface area contributed by atoms with Gasteiger partial charge in [-0.3, -0.25) is 0 Å². The minimum absolute atomic E-state index is 0.684. The fourth-order valence-electron chi connectivity index (χ4n) is 1.39. The summed E-state index contributed by atoms with van der Waals surface area (Å²) in [5, 5.41) is 1.37. The van der Waals surface area contributed by atoms with Crippen LogP contribution in [0, 0.1) is 3.57 Å². The van der Waals surface area contributed by atoms with Gasteiger partial charge in [0.05, 0.1) is 0 Å². The molecule has 2 aromatic carbocycles. The van der Waals surface area contributed by atoms with E-state index in [1.54, 1.807) is 0 Å². The maximum atomic E-state index is 6.12. The first-order chi connectivity index (χ1) is 7.18. The van der Waals surface area contributed by atoms with Gasteiger partial charge in [-0.2, -0.15) is 0 Å². The first kappa shape index (κ1) is 11.2. The maximum absolute atomic E-state index is 6.12. The summed E-state index contributed by atoms with van der Waals surface area (Å²) in [5.41, 5.74) is 1.95. The highest BCUT2D eigenvalue weighted by Gasteiger charge is 2.07. The van der Waals surface area contributed by atoms with Crippen LogP contribution in [0.5, 0.6) is 0 Å². The topological polar surface area (TPSA) is 0 Å². The average molecular weight is 349 g/mol. The molecular formula is C12H7Cl2I. The Hall–Kier alpha value is -0.250. The highest BCUT2D eigenvalue weighted by Crippen LogP contribution is 2.34. The Labute approximate surface area is 112 Å². The molecule has 0 amide bonds. The minimum atomic E-state index is 0.684. The molecule has 0 atom stereocenters. The van der Waals surface area contributed by atoms with Crippen molar-refractivity contribution in [1.29, 1.82) is 0 Å². The van der Waals surface area contributed by atoms with Crippen molar-refractivity contribution >= 4 is 45.8 Å². The summed E-state index contributed by atoms with van der Waals surface area (Å²) in [4.78, 5) is 0. The van der Waals surface area contributed by atoms with Gasteiger partial charge in [0, 0.05) is 19.2 Å². The Morgan fingerprint density at radius 3 is 1.87 bits per heavy atom. The van der Waals surface area contributed by atoms with Crippen molar-refractivity contribution in [2.45, 2.75) is 0 Å². The average Bonchev–Trinajstić information content (AvgIpc) is 2.20. The van der Waals surface area contributed by atoms with E-state index in [-0.39, 0.29) is 0 Å². The summed E-state index contributed by atoms with van der Waals surface area (Å²) in [6.07, 6.45) is 0. The second-order valence-corrected chi connectivity index (χ2v) is 5.16. The second-order valence-electron chi connectivity index (χ2n) is 3.10. The highest BCUT2D eigenvalue weighted by molar-refractivity contribution is 14.1. The van der Waals surface area contributed by atoms with Gasteiger partial charge in [0.25, 0.3) is 0 Å². The standard InChI is InChI=1S/C12H7Cl2I/c13-10-2-1-3-11(14)12(10)8-4-6-9(15)7-5-8/h1-7H. The van der Waals surface area contributed by atoms with Gasteiger partial charge in [-0.1, -0.05) is 41.4 Å². The third-order valence-electron chi connectivity index (χ3n) is 2.10. The van der Waals surface area contributed by atoms with Crippen LogP contribution in [-0.4, -0.2) is 0 Å². The Bertz CT molecular complexity index is 457. The van der Waals surface area contributed by atoms with Gasteiger partial charge in [-0.05, 0) is 52.4 Å². The van der Waals surface area contributed by atoms with Crippen molar-refractivity contribution in [3.05, 3.63) is 56.1 Å². The third kappa shape index (κ3) is 2.47. The summed E-state index contributed by atoms with van der Waals surface area (Å²) >= 11 is 14.5. The van der Waals surface area contributed by atoms with Gasteiger partial charge < -0.3 is 0 Å². The molecule has 0 aliphatic carbocycles. The summed E-state index contributed by atoms with van der Waals surface area (Å²) < 4.78 is 1.19. The number of rotatable bonds is 1. The molecule has 2 aromatic rings. The van der Waals surface area contributed by atoms with Gasteiger partial charge in [0.15, 0.2) is 0 Å². The van der Waals surface area contributed by atoms with E-state index in [2.05, 4.69) is 22.6 Å². The first-order valence-electron chi connectivity index (χ1n) is 4.38. The molecule has 3 heteroatoms. The van der Waals surface area contributed by atoms with E-state index in [1.165, 1.54) is 3.57 Å². The summed E-state index contributed by atoms with van der Waals surface area (Å²) in [5.74, 6) is 0. The van der Waals surface area contributed by atoms with E-state index in [1.807, 2.05) is 42.5 Å². The summed E-state index contributed by atoms with van der Waals surface area (Å²) in [6.45, 7) is 0. The molecule has 0 saturated carbocycles. The summed E-state index contributed by atoms with van der Waals surface area (Å²) in [6, 6.07) is 13.7. The molecule has 0 saturated heterocycles. The molecule has 0 heterocycles. The van der Waals surface area contributed by atoms with Crippen molar-refractivity contribution in [1.82, 2.24) is 0 Å². The lowest BCUT2D eigenvalue weighted by Gasteiger charge is -2.06. The molecule has 0 spiro atoms. The van der Waals surface area contributed by atoms with Crippen LogP contribution in [0.4, 0.5) is 0 Å². The number of hydrogen-bond donors (Lipinski definition) is 0. The largest absolute Gasteiger partial charge is 0.0836 e. The Kier molecular flexibility index (Phi) is 3.54. The van der Waals surface area contributed by atoms with Gasteiger partial charge in [0.2, 0.25) is 0 Å². The van der Waals surface area contributed by atoms with Crippen molar-refractivity contribution < 1.29 is 0 Å². The van der Waals surface area contributed by atoms with E-state index in [4.69, 9.17) is 23.2 Å². The van der Waals surface area contributed by atoms with Crippen LogP contribution in [0.25, 0.3) is 11.1 Å². The molecule has 2 rings (SSSR count). The van der Waals surface area contributed by atoms with Crippen LogP contribution >= 0.6 is 45.8 Å². The molecule has 0 radical (unpaired) electrons. The zero-order valence-electron chi connectivity index (χ0n) is 7.68. The Morgan fingerprint density at radius 2 is 1.33 bits per heavy atom. The molecule has 0 N–H and O–H groups in total. The lowest BCUT2D eigenvalue weighted by atomic mass is 10.1. The van der Waals surface area contributed by atoms with Crippen LogP contribution in [0.3, 0.4) is 0 Å². The predicted octanol–water partition coefficient (Wildman–Crippen LogP) is 5.27. The van der Waals surface area contributed by atoms with Crippen LogP contribution < -0.4 is 0 Å². The van der Waals surface area contributed by atoms with Gasteiger partial charge in [-0.15, -0.1) is 0 Å². The van der Waals surface area contributed by atoms with Crippen molar-refractivity contribution in [3.8, 4) is 11.1 Å². The smallest absolute Gasteiger partial charge is 0.0499 e. The predicted molar refractivity (Wildman–Crippen MR) is 74.6 cm³/mol. The molecular weight excluding hydrogens is 342 g/mol. The molecule has 0 aliphatic rings. The van der Waals surface area contributed by atoms with Crippen LogP contribution in [0.15, 0.2) is 42.5 Å². The molecule has 0 bridgehead atoms. The third-order valence-corrected chi connectivity index (χ3v) is 3.44. The molecule has 0 aliphatic heterocycles. The van der Waals surface area contributed by atoms with Crippen molar-refractivity contribution in [2.75, 3.05) is 0 Å². The quantitative estimate of drug-likeness (QED) is 0.616. The highest BCUT2D eigenvalue weighted by atomic mass is 127. The first-order valence-corrected chi connectivity index (χ1v) is 6.22. The maximum Gasteiger partial charge on any atom is 0.0499 e. The zero-order chi connectivity index (χ0) is 10.8. The molecule has 0 fully saturated rings.